The number of hydrogen-bond acceptors (Lipinski definition) is 5. The number of thiophene rings is 1. The van der Waals surface area contributed by atoms with Crippen molar-refractivity contribution in [2.45, 2.75) is 13.0 Å². The fourth-order valence-corrected chi connectivity index (χ4v) is 4.18. The van der Waals surface area contributed by atoms with Crippen LogP contribution in [0.2, 0.25) is 0 Å². The molecule has 3 aromatic heterocycles. The van der Waals surface area contributed by atoms with E-state index >= 15 is 0 Å². The van der Waals surface area contributed by atoms with Crippen LogP contribution < -0.4 is 10.5 Å². The first kappa shape index (κ1) is 14.4. The largest absolute Gasteiger partial charge is 0.337 e. The average Bonchev–Trinajstić information content (AvgIpc) is 3.28. The fraction of sp³-hybridized carbons (Fsp3) is 0.167. The molecule has 0 radical (unpaired) electrons. The number of aromatic amines is 1. The van der Waals surface area contributed by atoms with Crippen molar-refractivity contribution in [3.63, 3.8) is 0 Å². The minimum atomic E-state index is -0.154. The van der Waals surface area contributed by atoms with E-state index in [9.17, 15) is 4.79 Å². The Balaban J connectivity index is 1.62. The van der Waals surface area contributed by atoms with Crippen molar-refractivity contribution in [2.24, 2.45) is 0 Å². The van der Waals surface area contributed by atoms with Crippen LogP contribution in [0.25, 0.3) is 16.7 Å². The zero-order valence-electron chi connectivity index (χ0n) is 13.3. The average molecular weight is 349 g/mol. The van der Waals surface area contributed by atoms with E-state index in [2.05, 4.69) is 26.4 Å². The Labute approximate surface area is 147 Å². The normalized spacial score (nSPS) is 14.0. The zero-order chi connectivity index (χ0) is 16.8. The summed E-state index contributed by atoms with van der Waals surface area (Å²) in [6.45, 7) is 1.62. The molecule has 0 spiro atoms. The van der Waals surface area contributed by atoms with E-state index < -0.39 is 0 Å². The molecule has 0 saturated carbocycles. The smallest absolute Gasteiger partial charge is 0.263 e. The summed E-state index contributed by atoms with van der Waals surface area (Å²) < 4.78 is 1.72. The number of nitrogens with zero attached hydrogens (tertiary/aromatic N) is 4. The lowest BCUT2D eigenvalue weighted by Gasteiger charge is -2.27. The molecule has 0 amide bonds. The maximum absolute atomic E-state index is 12.5. The van der Waals surface area contributed by atoms with Gasteiger partial charge in [-0.3, -0.25) is 9.78 Å². The Kier molecular flexibility index (Phi) is 3.21. The second-order valence-electron chi connectivity index (χ2n) is 6.06. The molecule has 124 valence electrons. The molecule has 0 atom stereocenters. The molecule has 1 aromatic carbocycles. The molecule has 4 heterocycles. The molecule has 4 aromatic rings. The van der Waals surface area contributed by atoms with Crippen LogP contribution in [0.5, 0.6) is 0 Å². The maximum Gasteiger partial charge on any atom is 0.263 e. The number of para-hydroxylation sites is 1. The SMILES string of the molecule is O=c1[nH]c(N2CCc3ccsc3C2)nc2c1cnn2-c1ccccc1. The van der Waals surface area contributed by atoms with Crippen molar-refractivity contribution in [1.82, 2.24) is 19.7 Å². The van der Waals surface area contributed by atoms with Crippen LogP contribution in [-0.4, -0.2) is 26.3 Å². The van der Waals surface area contributed by atoms with Gasteiger partial charge < -0.3 is 4.90 Å². The van der Waals surface area contributed by atoms with Crippen LogP contribution in [0.4, 0.5) is 5.95 Å². The van der Waals surface area contributed by atoms with Gasteiger partial charge in [0.05, 0.1) is 18.4 Å². The third kappa shape index (κ3) is 2.35. The van der Waals surface area contributed by atoms with Gasteiger partial charge in [-0.2, -0.15) is 10.1 Å². The number of H-pyrrole nitrogens is 1. The summed E-state index contributed by atoms with van der Waals surface area (Å²) in [6, 6.07) is 11.9. The molecule has 25 heavy (non-hydrogen) atoms. The van der Waals surface area contributed by atoms with Gasteiger partial charge in [0.25, 0.3) is 5.56 Å². The fourth-order valence-electron chi connectivity index (χ4n) is 3.23. The highest BCUT2D eigenvalue weighted by molar-refractivity contribution is 7.10. The quantitative estimate of drug-likeness (QED) is 0.604. The summed E-state index contributed by atoms with van der Waals surface area (Å²) in [7, 11) is 0. The molecule has 0 unspecified atom stereocenters. The molecule has 0 fully saturated rings. The molecular formula is C18H15N5OS. The Morgan fingerprint density at radius 1 is 1.16 bits per heavy atom. The van der Waals surface area contributed by atoms with Crippen LogP contribution >= 0.6 is 11.3 Å². The number of aromatic nitrogens is 4. The van der Waals surface area contributed by atoms with Crippen molar-refractivity contribution in [3.8, 4) is 5.69 Å². The van der Waals surface area contributed by atoms with E-state index in [-0.39, 0.29) is 5.56 Å². The molecule has 1 aliphatic rings. The van der Waals surface area contributed by atoms with Crippen LogP contribution in [-0.2, 0) is 13.0 Å². The summed E-state index contributed by atoms with van der Waals surface area (Å²) in [5.74, 6) is 0.606. The number of benzene rings is 1. The monoisotopic (exact) mass is 349 g/mol. The van der Waals surface area contributed by atoms with Crippen molar-refractivity contribution < 1.29 is 0 Å². The number of fused-ring (bicyclic) bond motifs is 2. The highest BCUT2D eigenvalue weighted by atomic mass is 32.1. The van der Waals surface area contributed by atoms with Gasteiger partial charge in [-0.15, -0.1) is 11.3 Å². The Morgan fingerprint density at radius 2 is 2.04 bits per heavy atom. The highest BCUT2D eigenvalue weighted by Crippen LogP contribution is 2.26. The first-order valence-electron chi connectivity index (χ1n) is 8.13. The third-order valence-corrected chi connectivity index (χ3v) is 5.50. The van der Waals surface area contributed by atoms with Gasteiger partial charge in [0.2, 0.25) is 5.95 Å². The first-order chi connectivity index (χ1) is 12.3. The van der Waals surface area contributed by atoms with Gasteiger partial charge in [-0.1, -0.05) is 18.2 Å². The standard InChI is InChI=1S/C18H15N5OS/c24-17-14-10-19-23(13-4-2-1-3-5-13)16(14)20-18(21-17)22-8-6-12-7-9-25-15(12)11-22/h1-5,7,9-10H,6,8,11H2,(H,20,21,24). The molecule has 6 nitrogen and oxygen atoms in total. The van der Waals surface area contributed by atoms with Crippen molar-refractivity contribution in [1.29, 1.82) is 0 Å². The van der Waals surface area contributed by atoms with Crippen LogP contribution in [0.3, 0.4) is 0 Å². The van der Waals surface area contributed by atoms with Gasteiger partial charge in [-0.05, 0) is 35.6 Å². The molecule has 7 heteroatoms. The number of hydrogen-bond donors (Lipinski definition) is 1. The van der Waals surface area contributed by atoms with Gasteiger partial charge >= 0.3 is 0 Å². The van der Waals surface area contributed by atoms with Crippen molar-refractivity contribution >= 4 is 28.3 Å². The lowest BCUT2D eigenvalue weighted by Crippen LogP contribution is -2.32. The molecule has 0 aliphatic carbocycles. The second kappa shape index (κ2) is 5.56. The number of rotatable bonds is 2. The van der Waals surface area contributed by atoms with Crippen molar-refractivity contribution in [2.75, 3.05) is 11.4 Å². The Morgan fingerprint density at radius 3 is 2.92 bits per heavy atom. The summed E-state index contributed by atoms with van der Waals surface area (Å²) in [5.41, 5.74) is 2.72. The molecular weight excluding hydrogens is 334 g/mol. The third-order valence-electron chi connectivity index (χ3n) is 4.55. The predicted molar refractivity (Wildman–Crippen MR) is 98.6 cm³/mol. The minimum absolute atomic E-state index is 0.154. The predicted octanol–water partition coefficient (Wildman–Crippen LogP) is 2.73. The molecule has 0 saturated heterocycles. The summed E-state index contributed by atoms with van der Waals surface area (Å²) in [4.78, 5) is 23.6. The van der Waals surface area contributed by atoms with E-state index in [4.69, 9.17) is 4.98 Å². The topological polar surface area (TPSA) is 66.8 Å². The molecule has 1 N–H and O–H groups in total. The van der Waals surface area contributed by atoms with Gasteiger partial charge in [0, 0.05) is 11.4 Å². The zero-order valence-corrected chi connectivity index (χ0v) is 14.2. The maximum atomic E-state index is 12.5. The van der Waals surface area contributed by atoms with E-state index in [0.29, 0.717) is 17.0 Å². The van der Waals surface area contributed by atoms with Crippen molar-refractivity contribution in [3.05, 3.63) is 68.8 Å². The molecule has 0 bridgehead atoms. The van der Waals surface area contributed by atoms with Crippen LogP contribution in [0.1, 0.15) is 10.4 Å². The van der Waals surface area contributed by atoms with Gasteiger partial charge in [0.15, 0.2) is 5.65 Å². The van der Waals surface area contributed by atoms with E-state index in [1.165, 1.54) is 10.4 Å². The molecule has 1 aliphatic heterocycles. The summed E-state index contributed by atoms with van der Waals surface area (Å²) >= 11 is 1.75. The van der Waals surface area contributed by atoms with E-state index in [1.807, 2.05) is 30.3 Å². The lowest BCUT2D eigenvalue weighted by atomic mass is 10.1. The van der Waals surface area contributed by atoms with Gasteiger partial charge in [-0.25, -0.2) is 4.68 Å². The van der Waals surface area contributed by atoms with E-state index in [0.717, 1.165) is 25.2 Å². The first-order valence-corrected chi connectivity index (χ1v) is 9.01. The lowest BCUT2D eigenvalue weighted by molar-refractivity contribution is 0.718. The highest BCUT2D eigenvalue weighted by Gasteiger charge is 2.21. The second-order valence-corrected chi connectivity index (χ2v) is 7.06. The Bertz CT molecular complexity index is 1110. The van der Waals surface area contributed by atoms with Gasteiger partial charge in [0.1, 0.15) is 5.39 Å². The molecule has 5 rings (SSSR count). The van der Waals surface area contributed by atoms with E-state index in [1.54, 1.807) is 22.2 Å². The number of nitrogens with one attached hydrogen (secondary N) is 1. The number of anilines is 1. The minimum Gasteiger partial charge on any atom is -0.337 e. The summed E-state index contributed by atoms with van der Waals surface area (Å²) in [6.07, 6.45) is 2.55. The summed E-state index contributed by atoms with van der Waals surface area (Å²) in [5, 5.41) is 6.98. The Hall–Kier alpha value is -2.93. The van der Waals surface area contributed by atoms with Crippen LogP contribution in [0.15, 0.2) is 52.8 Å². The van der Waals surface area contributed by atoms with Crippen LogP contribution in [0, 0.1) is 0 Å².